The Kier molecular flexibility index (Phi) is 3.21. The average Bonchev–Trinajstić information content (AvgIpc) is 2.39. The van der Waals surface area contributed by atoms with Gasteiger partial charge in [-0.25, -0.2) is 23.1 Å². The molecule has 0 saturated heterocycles. The van der Waals surface area contributed by atoms with Crippen LogP contribution in [0, 0.1) is 11.3 Å². The molecule has 0 atom stereocenters. The van der Waals surface area contributed by atoms with E-state index in [0.717, 1.165) is 0 Å². The number of nitrogens with zero attached hydrogens (tertiary/aromatic N) is 3. The third kappa shape index (κ3) is 2.61. The van der Waals surface area contributed by atoms with E-state index in [4.69, 9.17) is 5.26 Å². The maximum Gasteiger partial charge on any atom is 0.264 e. The van der Waals surface area contributed by atoms with Crippen molar-refractivity contribution in [1.82, 2.24) is 9.97 Å². The Hall–Kier alpha value is -2.46. The van der Waals surface area contributed by atoms with Gasteiger partial charge < -0.3 is 0 Å². The number of hydrogen-bond acceptors (Lipinski definition) is 5. The normalized spacial score (nSPS) is 10.6. The highest BCUT2D eigenvalue weighted by Gasteiger charge is 2.14. The third-order valence-corrected chi connectivity index (χ3v) is 3.43. The molecule has 0 spiro atoms. The number of nitriles is 1. The van der Waals surface area contributed by atoms with Crippen molar-refractivity contribution in [2.24, 2.45) is 0 Å². The number of rotatable bonds is 3. The van der Waals surface area contributed by atoms with Crippen LogP contribution in [0.4, 0.5) is 5.95 Å². The summed E-state index contributed by atoms with van der Waals surface area (Å²) >= 11 is 0. The summed E-state index contributed by atoms with van der Waals surface area (Å²) in [6, 6.07) is 9.06. The number of aromatic nitrogens is 2. The van der Waals surface area contributed by atoms with E-state index in [1.807, 2.05) is 6.07 Å². The molecular formula is C11H8N4O2S. The molecule has 0 amide bonds. The maximum atomic E-state index is 11.9. The topological polar surface area (TPSA) is 95.7 Å². The molecule has 1 heterocycles. The van der Waals surface area contributed by atoms with Crippen molar-refractivity contribution in [1.29, 1.82) is 5.26 Å². The lowest BCUT2D eigenvalue weighted by molar-refractivity contribution is 0.601. The number of benzene rings is 1. The molecule has 0 bridgehead atoms. The van der Waals surface area contributed by atoms with E-state index in [1.165, 1.54) is 36.7 Å². The minimum Gasteiger partial charge on any atom is -0.247 e. The summed E-state index contributed by atoms with van der Waals surface area (Å²) < 4.78 is 26.1. The molecule has 0 aliphatic rings. The Morgan fingerprint density at radius 3 is 2.28 bits per heavy atom. The van der Waals surface area contributed by atoms with Crippen molar-refractivity contribution in [2.75, 3.05) is 4.72 Å². The van der Waals surface area contributed by atoms with Crippen molar-refractivity contribution in [3.05, 3.63) is 48.3 Å². The minimum atomic E-state index is -3.72. The summed E-state index contributed by atoms with van der Waals surface area (Å²) in [6.07, 6.45) is 2.87. The van der Waals surface area contributed by atoms with Crippen LogP contribution in [-0.4, -0.2) is 18.4 Å². The van der Waals surface area contributed by atoms with Crippen molar-refractivity contribution in [3.63, 3.8) is 0 Å². The van der Waals surface area contributed by atoms with Crippen LogP contribution in [0.5, 0.6) is 0 Å². The summed E-state index contributed by atoms with van der Waals surface area (Å²) in [7, 11) is -3.72. The Bertz CT molecular complexity index is 675. The molecule has 6 nitrogen and oxygen atoms in total. The molecule has 1 aromatic heterocycles. The standard InChI is InChI=1S/C11H8N4O2S/c12-8-9-2-4-10(5-3-9)18(16,17)15-11-13-6-1-7-14-11/h1-7H,(H,13,14,15). The second-order valence-corrected chi connectivity index (χ2v) is 5.00. The van der Waals surface area contributed by atoms with E-state index in [-0.39, 0.29) is 10.8 Å². The summed E-state index contributed by atoms with van der Waals surface area (Å²) in [5.74, 6) is 0.00172. The molecule has 7 heteroatoms. The van der Waals surface area contributed by atoms with Crippen LogP contribution in [0.2, 0.25) is 0 Å². The minimum absolute atomic E-state index is 0.00172. The Morgan fingerprint density at radius 1 is 1.11 bits per heavy atom. The lowest BCUT2D eigenvalue weighted by atomic mass is 10.2. The molecule has 0 aliphatic carbocycles. The predicted molar refractivity (Wildman–Crippen MR) is 64.0 cm³/mol. The van der Waals surface area contributed by atoms with E-state index >= 15 is 0 Å². The van der Waals surface area contributed by atoms with Gasteiger partial charge in [0.1, 0.15) is 0 Å². The van der Waals surface area contributed by atoms with Gasteiger partial charge in [0.15, 0.2) is 0 Å². The summed E-state index contributed by atoms with van der Waals surface area (Å²) in [5, 5.41) is 8.63. The second-order valence-electron chi connectivity index (χ2n) is 3.31. The van der Waals surface area contributed by atoms with Crippen LogP contribution in [0.1, 0.15) is 5.56 Å². The van der Waals surface area contributed by atoms with E-state index in [1.54, 1.807) is 6.07 Å². The fraction of sp³-hybridized carbons (Fsp3) is 0. The fourth-order valence-electron chi connectivity index (χ4n) is 1.24. The molecule has 0 fully saturated rings. The lowest BCUT2D eigenvalue weighted by Crippen LogP contribution is -2.14. The Morgan fingerprint density at radius 2 is 1.72 bits per heavy atom. The highest BCUT2D eigenvalue weighted by Crippen LogP contribution is 2.13. The summed E-state index contributed by atoms with van der Waals surface area (Å²) in [6.45, 7) is 0. The van der Waals surface area contributed by atoms with Gasteiger partial charge in [-0.05, 0) is 30.3 Å². The van der Waals surface area contributed by atoms with E-state index in [2.05, 4.69) is 14.7 Å². The van der Waals surface area contributed by atoms with Crippen molar-refractivity contribution >= 4 is 16.0 Å². The Balaban J connectivity index is 2.29. The number of hydrogen-bond donors (Lipinski definition) is 1. The SMILES string of the molecule is N#Cc1ccc(S(=O)(=O)Nc2ncccn2)cc1. The largest absolute Gasteiger partial charge is 0.264 e. The molecule has 1 aromatic carbocycles. The summed E-state index contributed by atoms with van der Waals surface area (Å²) in [5.41, 5.74) is 0.393. The number of anilines is 1. The lowest BCUT2D eigenvalue weighted by Gasteiger charge is -2.05. The molecule has 1 N–H and O–H groups in total. The average molecular weight is 260 g/mol. The molecule has 2 rings (SSSR count). The van der Waals surface area contributed by atoms with Crippen LogP contribution in [0.15, 0.2) is 47.6 Å². The van der Waals surface area contributed by atoms with Crippen LogP contribution >= 0.6 is 0 Å². The van der Waals surface area contributed by atoms with Gasteiger partial charge in [0.05, 0.1) is 16.5 Å². The predicted octanol–water partition coefficient (Wildman–Crippen LogP) is 1.15. The summed E-state index contributed by atoms with van der Waals surface area (Å²) in [4.78, 5) is 7.59. The number of sulfonamides is 1. The van der Waals surface area contributed by atoms with Crippen molar-refractivity contribution in [3.8, 4) is 6.07 Å². The first-order valence-corrected chi connectivity index (χ1v) is 6.40. The van der Waals surface area contributed by atoms with Gasteiger partial charge in [0.2, 0.25) is 5.95 Å². The monoisotopic (exact) mass is 260 g/mol. The molecule has 90 valence electrons. The van der Waals surface area contributed by atoms with Gasteiger partial charge >= 0.3 is 0 Å². The van der Waals surface area contributed by atoms with Crippen LogP contribution in [-0.2, 0) is 10.0 Å². The smallest absolute Gasteiger partial charge is 0.247 e. The molecule has 0 saturated carbocycles. The Labute approximate surface area is 104 Å². The van der Waals surface area contributed by atoms with Crippen molar-refractivity contribution < 1.29 is 8.42 Å². The van der Waals surface area contributed by atoms with E-state index in [9.17, 15) is 8.42 Å². The van der Waals surface area contributed by atoms with Gasteiger partial charge in [0, 0.05) is 12.4 Å². The first kappa shape index (κ1) is 12.0. The molecule has 18 heavy (non-hydrogen) atoms. The maximum absolute atomic E-state index is 11.9. The molecule has 0 radical (unpaired) electrons. The zero-order valence-corrected chi connectivity index (χ0v) is 9.92. The first-order chi connectivity index (χ1) is 8.62. The van der Waals surface area contributed by atoms with Gasteiger partial charge in [0.25, 0.3) is 10.0 Å². The van der Waals surface area contributed by atoms with Crippen molar-refractivity contribution in [2.45, 2.75) is 4.90 Å². The highest BCUT2D eigenvalue weighted by molar-refractivity contribution is 7.92. The zero-order valence-electron chi connectivity index (χ0n) is 9.11. The number of nitrogens with one attached hydrogen (secondary N) is 1. The molecule has 0 aliphatic heterocycles. The van der Waals surface area contributed by atoms with Crippen LogP contribution in [0.25, 0.3) is 0 Å². The quantitative estimate of drug-likeness (QED) is 0.893. The highest BCUT2D eigenvalue weighted by atomic mass is 32.2. The van der Waals surface area contributed by atoms with Gasteiger partial charge in [-0.3, -0.25) is 0 Å². The van der Waals surface area contributed by atoms with Gasteiger partial charge in [-0.15, -0.1) is 0 Å². The first-order valence-electron chi connectivity index (χ1n) is 4.92. The zero-order chi connectivity index (χ0) is 13.0. The van der Waals surface area contributed by atoms with Crippen LogP contribution in [0.3, 0.4) is 0 Å². The third-order valence-electron chi connectivity index (χ3n) is 2.09. The molecular weight excluding hydrogens is 252 g/mol. The molecule has 2 aromatic rings. The second kappa shape index (κ2) is 4.81. The fourth-order valence-corrected chi connectivity index (χ4v) is 2.20. The van der Waals surface area contributed by atoms with Gasteiger partial charge in [-0.1, -0.05) is 0 Å². The van der Waals surface area contributed by atoms with Crippen LogP contribution < -0.4 is 4.72 Å². The van der Waals surface area contributed by atoms with E-state index in [0.29, 0.717) is 5.56 Å². The van der Waals surface area contributed by atoms with E-state index < -0.39 is 10.0 Å². The van der Waals surface area contributed by atoms with Gasteiger partial charge in [-0.2, -0.15) is 5.26 Å². The molecule has 0 unspecified atom stereocenters.